The molecule has 3 nitrogen and oxygen atoms in total. The summed E-state index contributed by atoms with van der Waals surface area (Å²) >= 11 is 0. The van der Waals surface area contributed by atoms with Crippen molar-refractivity contribution in [3.63, 3.8) is 0 Å². The van der Waals surface area contributed by atoms with Crippen LogP contribution in [-0.2, 0) is 11.3 Å². The molecule has 0 saturated carbocycles. The van der Waals surface area contributed by atoms with Crippen LogP contribution in [-0.4, -0.2) is 12.6 Å². The summed E-state index contributed by atoms with van der Waals surface area (Å²) in [5, 5.41) is 0. The minimum Gasteiger partial charge on any atom is -0.453 e. The summed E-state index contributed by atoms with van der Waals surface area (Å²) in [5.74, 6) is -0.259. The van der Waals surface area contributed by atoms with Crippen LogP contribution in [0, 0.1) is 0 Å². The zero-order chi connectivity index (χ0) is 9.10. The Hall–Kier alpha value is -1.64. The molecule has 1 aromatic heterocycles. The number of cyclic esters (lactones) is 1. The first-order valence-corrected chi connectivity index (χ1v) is 4.18. The van der Waals surface area contributed by atoms with Crippen LogP contribution in [0.4, 0.5) is 0 Å². The van der Waals surface area contributed by atoms with E-state index in [0.29, 0.717) is 12.3 Å². The third kappa shape index (κ3) is 1.59. The van der Waals surface area contributed by atoms with Gasteiger partial charge in [0.25, 0.3) is 5.69 Å². The molecule has 0 aliphatic carbocycles. The zero-order valence-electron chi connectivity index (χ0n) is 7.14. The SMILES string of the molecule is O=C1OC/C=C\C[n+]2ccccc21. The van der Waals surface area contributed by atoms with Crippen molar-refractivity contribution in [2.45, 2.75) is 6.54 Å². The molecule has 1 aromatic rings. The van der Waals surface area contributed by atoms with E-state index >= 15 is 0 Å². The number of rotatable bonds is 0. The molecule has 0 radical (unpaired) electrons. The Kier molecular flexibility index (Phi) is 2.08. The minimum absolute atomic E-state index is 0.259. The summed E-state index contributed by atoms with van der Waals surface area (Å²) in [6.45, 7) is 1.10. The summed E-state index contributed by atoms with van der Waals surface area (Å²) in [6.07, 6.45) is 5.70. The number of allylic oxidation sites excluding steroid dienone is 1. The van der Waals surface area contributed by atoms with Crippen LogP contribution in [0.15, 0.2) is 36.5 Å². The molecule has 0 atom stereocenters. The molecule has 0 unspecified atom stereocenters. The van der Waals surface area contributed by atoms with Gasteiger partial charge in [-0.25, -0.2) is 4.79 Å². The maximum Gasteiger partial charge on any atom is 0.403 e. The molecule has 66 valence electrons. The zero-order valence-corrected chi connectivity index (χ0v) is 7.14. The highest BCUT2D eigenvalue weighted by atomic mass is 16.5. The molecular weight excluding hydrogens is 166 g/mol. The average Bonchev–Trinajstić information content (AvgIpc) is 2.14. The van der Waals surface area contributed by atoms with Gasteiger partial charge in [-0.05, 0) is 18.2 Å². The predicted octanol–water partition coefficient (Wildman–Crippen LogP) is 0.701. The fraction of sp³-hybridized carbons (Fsp3) is 0.200. The number of esters is 1. The largest absolute Gasteiger partial charge is 0.453 e. The van der Waals surface area contributed by atoms with Gasteiger partial charge < -0.3 is 4.74 Å². The van der Waals surface area contributed by atoms with Gasteiger partial charge in [0.15, 0.2) is 12.7 Å². The van der Waals surface area contributed by atoms with E-state index in [2.05, 4.69) is 0 Å². The Balaban J connectivity index is 2.44. The third-order valence-electron chi connectivity index (χ3n) is 1.93. The van der Waals surface area contributed by atoms with E-state index in [0.717, 1.165) is 6.54 Å². The molecule has 2 heterocycles. The van der Waals surface area contributed by atoms with E-state index in [1.807, 2.05) is 35.0 Å². The van der Waals surface area contributed by atoms with E-state index in [9.17, 15) is 4.79 Å². The summed E-state index contributed by atoms with van der Waals surface area (Å²) in [4.78, 5) is 11.4. The van der Waals surface area contributed by atoms with Crippen LogP contribution in [0.25, 0.3) is 0 Å². The molecule has 0 N–H and O–H groups in total. The highest BCUT2D eigenvalue weighted by Gasteiger charge is 2.19. The number of fused-ring (bicyclic) bond motifs is 1. The second kappa shape index (κ2) is 3.39. The van der Waals surface area contributed by atoms with Crippen molar-refractivity contribution in [1.82, 2.24) is 0 Å². The Morgan fingerprint density at radius 1 is 1.31 bits per heavy atom. The van der Waals surface area contributed by atoms with E-state index in [1.165, 1.54) is 0 Å². The molecule has 0 amide bonds. The first-order valence-electron chi connectivity index (χ1n) is 4.18. The lowest BCUT2D eigenvalue weighted by Gasteiger charge is -2.04. The minimum atomic E-state index is -0.259. The van der Waals surface area contributed by atoms with Crippen molar-refractivity contribution in [2.75, 3.05) is 6.61 Å². The molecule has 1 aliphatic heterocycles. The Bertz CT molecular complexity index is 358. The van der Waals surface area contributed by atoms with Crippen molar-refractivity contribution in [1.29, 1.82) is 0 Å². The fourth-order valence-corrected chi connectivity index (χ4v) is 1.27. The van der Waals surface area contributed by atoms with Gasteiger partial charge in [0.05, 0.1) is 0 Å². The fourth-order valence-electron chi connectivity index (χ4n) is 1.27. The summed E-state index contributed by atoms with van der Waals surface area (Å²) in [5.41, 5.74) is 0.604. The average molecular weight is 176 g/mol. The molecule has 13 heavy (non-hydrogen) atoms. The first kappa shape index (κ1) is 7.98. The monoisotopic (exact) mass is 176 g/mol. The van der Waals surface area contributed by atoms with Crippen LogP contribution >= 0.6 is 0 Å². The summed E-state index contributed by atoms with van der Waals surface area (Å²) in [6, 6.07) is 5.49. The van der Waals surface area contributed by atoms with Crippen molar-refractivity contribution < 1.29 is 14.1 Å². The van der Waals surface area contributed by atoms with Crippen molar-refractivity contribution >= 4 is 5.97 Å². The van der Waals surface area contributed by atoms with E-state index in [4.69, 9.17) is 4.74 Å². The van der Waals surface area contributed by atoms with Crippen LogP contribution < -0.4 is 4.57 Å². The second-order valence-corrected chi connectivity index (χ2v) is 2.81. The highest BCUT2D eigenvalue weighted by molar-refractivity contribution is 5.85. The van der Waals surface area contributed by atoms with Gasteiger partial charge in [-0.1, -0.05) is 0 Å². The molecule has 2 rings (SSSR count). The lowest BCUT2D eigenvalue weighted by molar-refractivity contribution is -0.689. The number of carbonyl (C=O) groups is 1. The molecule has 0 aromatic carbocycles. The van der Waals surface area contributed by atoms with Gasteiger partial charge in [0, 0.05) is 12.1 Å². The highest BCUT2D eigenvalue weighted by Crippen LogP contribution is 1.98. The number of carbonyl (C=O) groups excluding carboxylic acids is 1. The van der Waals surface area contributed by atoms with Gasteiger partial charge in [0.2, 0.25) is 0 Å². The maximum atomic E-state index is 11.4. The standard InChI is InChI=1S/C10H10NO2/c12-10-9-5-1-2-6-11(9)7-3-4-8-13-10/h1-6H,7-8H2/q+1/b4-3-. The topological polar surface area (TPSA) is 30.2 Å². The lowest BCUT2D eigenvalue weighted by Crippen LogP contribution is -2.40. The number of hydrogen-bond donors (Lipinski definition) is 0. The molecule has 1 aliphatic rings. The number of nitrogens with zero attached hydrogens (tertiary/aromatic N) is 1. The molecule has 0 spiro atoms. The normalized spacial score (nSPS) is 18.0. The summed E-state index contributed by atoms with van der Waals surface area (Å²) < 4.78 is 6.82. The van der Waals surface area contributed by atoms with Gasteiger partial charge in [-0.15, -0.1) is 0 Å². The quantitative estimate of drug-likeness (QED) is 0.331. The van der Waals surface area contributed by atoms with Crippen molar-refractivity contribution in [3.05, 3.63) is 42.2 Å². The van der Waals surface area contributed by atoms with Crippen LogP contribution in [0.5, 0.6) is 0 Å². The molecule has 0 bridgehead atoms. The van der Waals surface area contributed by atoms with Crippen LogP contribution in [0.1, 0.15) is 10.5 Å². The van der Waals surface area contributed by atoms with Crippen LogP contribution in [0.3, 0.4) is 0 Å². The Morgan fingerprint density at radius 2 is 2.23 bits per heavy atom. The smallest absolute Gasteiger partial charge is 0.403 e. The number of pyridine rings is 1. The number of hydrogen-bond acceptors (Lipinski definition) is 2. The predicted molar refractivity (Wildman–Crippen MR) is 46.1 cm³/mol. The number of ether oxygens (including phenoxy) is 1. The molecular formula is C10H10NO2+. The van der Waals surface area contributed by atoms with Crippen molar-refractivity contribution in [2.24, 2.45) is 0 Å². The van der Waals surface area contributed by atoms with Gasteiger partial charge in [-0.3, -0.25) is 0 Å². The first-order chi connectivity index (χ1) is 6.38. The molecule has 0 saturated heterocycles. The Morgan fingerprint density at radius 3 is 3.15 bits per heavy atom. The van der Waals surface area contributed by atoms with Gasteiger partial charge >= 0.3 is 5.97 Å². The Labute approximate surface area is 76.3 Å². The summed E-state index contributed by atoms with van der Waals surface area (Å²) in [7, 11) is 0. The van der Waals surface area contributed by atoms with E-state index in [1.54, 1.807) is 6.07 Å². The lowest BCUT2D eigenvalue weighted by atomic mass is 10.3. The van der Waals surface area contributed by atoms with E-state index in [-0.39, 0.29) is 5.97 Å². The van der Waals surface area contributed by atoms with Gasteiger partial charge in [-0.2, -0.15) is 4.57 Å². The second-order valence-electron chi connectivity index (χ2n) is 2.81. The van der Waals surface area contributed by atoms with E-state index < -0.39 is 0 Å². The van der Waals surface area contributed by atoms with Crippen molar-refractivity contribution in [3.8, 4) is 0 Å². The number of aromatic nitrogens is 1. The molecule has 3 heteroatoms. The maximum absolute atomic E-state index is 11.4. The third-order valence-corrected chi connectivity index (χ3v) is 1.93. The molecule has 0 fully saturated rings. The van der Waals surface area contributed by atoms with Crippen LogP contribution in [0.2, 0.25) is 0 Å². The van der Waals surface area contributed by atoms with Gasteiger partial charge in [0.1, 0.15) is 6.61 Å².